The predicted octanol–water partition coefficient (Wildman–Crippen LogP) is 3.66. The van der Waals surface area contributed by atoms with Gasteiger partial charge in [0.25, 0.3) is 6.43 Å². The second kappa shape index (κ2) is 7.01. The first kappa shape index (κ1) is 14.5. The maximum absolute atomic E-state index is 12.5. The van der Waals surface area contributed by atoms with Gasteiger partial charge in [-0.1, -0.05) is 30.3 Å². The van der Waals surface area contributed by atoms with Crippen molar-refractivity contribution in [2.45, 2.75) is 19.4 Å². The van der Waals surface area contributed by atoms with Crippen LogP contribution in [0.2, 0.25) is 0 Å². The number of aromatic hydroxyl groups is 1. The van der Waals surface area contributed by atoms with Gasteiger partial charge in [-0.3, -0.25) is 0 Å². The normalized spacial score (nSPS) is 10.9. The molecule has 0 aliphatic rings. The second-order valence-corrected chi connectivity index (χ2v) is 4.64. The maximum atomic E-state index is 12.5. The van der Waals surface area contributed by atoms with Crippen LogP contribution in [0, 0.1) is 0 Å². The molecule has 0 saturated carbocycles. The number of benzene rings is 2. The summed E-state index contributed by atoms with van der Waals surface area (Å²) in [6.07, 6.45) is -1.60. The number of alkyl halides is 2. The lowest BCUT2D eigenvalue weighted by atomic mass is 10.1. The molecule has 106 valence electrons. The highest BCUT2D eigenvalue weighted by molar-refractivity contribution is 5.26. The summed E-state index contributed by atoms with van der Waals surface area (Å²) in [4.78, 5) is 0. The monoisotopic (exact) mass is 277 g/mol. The lowest BCUT2D eigenvalue weighted by molar-refractivity contribution is 0.151. The molecule has 20 heavy (non-hydrogen) atoms. The quantitative estimate of drug-likeness (QED) is 0.790. The molecule has 2 rings (SSSR count). The standard InChI is InChI=1S/C16H17F2NO/c17-16(18)14-3-1-2-13(10-14)11-19-9-8-12-4-6-15(20)7-5-12/h1-7,10,16,19-20H,8-9,11H2. The van der Waals surface area contributed by atoms with E-state index in [0.717, 1.165) is 24.1 Å². The Hall–Kier alpha value is -1.94. The summed E-state index contributed by atoms with van der Waals surface area (Å²) >= 11 is 0. The Balaban J connectivity index is 1.78. The molecule has 0 atom stereocenters. The molecule has 2 aromatic carbocycles. The van der Waals surface area contributed by atoms with E-state index >= 15 is 0 Å². The molecule has 0 aromatic heterocycles. The molecule has 0 spiro atoms. The third-order valence-corrected chi connectivity index (χ3v) is 3.06. The number of phenols is 1. The van der Waals surface area contributed by atoms with E-state index in [1.165, 1.54) is 12.1 Å². The number of hydrogen-bond donors (Lipinski definition) is 2. The molecule has 2 nitrogen and oxygen atoms in total. The molecule has 0 bridgehead atoms. The van der Waals surface area contributed by atoms with Crippen molar-refractivity contribution in [3.63, 3.8) is 0 Å². The van der Waals surface area contributed by atoms with Crippen LogP contribution in [0.3, 0.4) is 0 Å². The molecule has 2 N–H and O–H groups in total. The molecule has 2 aromatic rings. The average molecular weight is 277 g/mol. The van der Waals surface area contributed by atoms with Gasteiger partial charge in [0.1, 0.15) is 5.75 Å². The summed E-state index contributed by atoms with van der Waals surface area (Å²) in [5, 5.41) is 12.4. The van der Waals surface area contributed by atoms with Gasteiger partial charge in [-0.25, -0.2) is 8.78 Å². The average Bonchev–Trinajstić information content (AvgIpc) is 2.46. The van der Waals surface area contributed by atoms with Crippen LogP contribution >= 0.6 is 0 Å². The van der Waals surface area contributed by atoms with E-state index in [9.17, 15) is 13.9 Å². The minimum absolute atomic E-state index is 0.0582. The Morgan fingerprint density at radius 3 is 2.45 bits per heavy atom. The van der Waals surface area contributed by atoms with Crippen molar-refractivity contribution in [3.05, 3.63) is 65.2 Å². The van der Waals surface area contributed by atoms with Crippen LogP contribution in [0.1, 0.15) is 23.1 Å². The zero-order chi connectivity index (χ0) is 14.4. The lowest BCUT2D eigenvalue weighted by Crippen LogP contribution is -2.16. The van der Waals surface area contributed by atoms with Crippen molar-refractivity contribution in [2.75, 3.05) is 6.54 Å². The Bertz CT molecular complexity index is 540. The first-order chi connectivity index (χ1) is 9.65. The highest BCUT2D eigenvalue weighted by atomic mass is 19.3. The number of nitrogens with one attached hydrogen (secondary N) is 1. The van der Waals surface area contributed by atoms with Crippen molar-refractivity contribution in [2.24, 2.45) is 0 Å². The number of halogens is 2. The molecular formula is C16H17F2NO. The lowest BCUT2D eigenvalue weighted by Gasteiger charge is -2.07. The van der Waals surface area contributed by atoms with Crippen LogP contribution in [0.15, 0.2) is 48.5 Å². The first-order valence-corrected chi connectivity index (χ1v) is 6.51. The van der Waals surface area contributed by atoms with Crippen molar-refractivity contribution in [1.29, 1.82) is 0 Å². The Morgan fingerprint density at radius 2 is 1.75 bits per heavy atom. The molecule has 0 aliphatic carbocycles. The van der Waals surface area contributed by atoms with Gasteiger partial charge in [0.05, 0.1) is 0 Å². The highest BCUT2D eigenvalue weighted by Gasteiger charge is 2.06. The fourth-order valence-electron chi connectivity index (χ4n) is 1.97. The summed E-state index contributed by atoms with van der Waals surface area (Å²) in [6, 6.07) is 13.5. The van der Waals surface area contributed by atoms with Gasteiger partial charge in [-0.2, -0.15) is 0 Å². The molecular weight excluding hydrogens is 260 g/mol. The van der Waals surface area contributed by atoms with E-state index in [1.54, 1.807) is 18.2 Å². The molecule has 0 aliphatic heterocycles. The van der Waals surface area contributed by atoms with Crippen molar-refractivity contribution in [3.8, 4) is 5.75 Å². The summed E-state index contributed by atoms with van der Waals surface area (Å²) < 4.78 is 25.1. The highest BCUT2D eigenvalue weighted by Crippen LogP contribution is 2.19. The van der Waals surface area contributed by atoms with Gasteiger partial charge >= 0.3 is 0 Å². The Labute approximate surface area is 117 Å². The molecule has 0 heterocycles. The Kier molecular flexibility index (Phi) is 5.07. The minimum Gasteiger partial charge on any atom is -0.508 e. The van der Waals surface area contributed by atoms with E-state index < -0.39 is 6.43 Å². The van der Waals surface area contributed by atoms with Crippen molar-refractivity contribution >= 4 is 0 Å². The second-order valence-electron chi connectivity index (χ2n) is 4.64. The molecule has 0 saturated heterocycles. The minimum atomic E-state index is -2.42. The third kappa shape index (κ3) is 4.31. The van der Waals surface area contributed by atoms with Crippen molar-refractivity contribution in [1.82, 2.24) is 5.32 Å². The maximum Gasteiger partial charge on any atom is 0.263 e. The van der Waals surface area contributed by atoms with Gasteiger partial charge < -0.3 is 10.4 Å². The molecule has 0 radical (unpaired) electrons. The smallest absolute Gasteiger partial charge is 0.263 e. The largest absolute Gasteiger partial charge is 0.508 e. The topological polar surface area (TPSA) is 32.3 Å². The van der Waals surface area contributed by atoms with Gasteiger partial charge in [0.15, 0.2) is 0 Å². The van der Waals surface area contributed by atoms with Gasteiger partial charge in [-0.15, -0.1) is 0 Å². The molecule has 0 fully saturated rings. The summed E-state index contributed by atoms with van der Waals surface area (Å²) in [7, 11) is 0. The SMILES string of the molecule is Oc1ccc(CCNCc2cccc(C(F)F)c2)cc1. The molecule has 4 heteroatoms. The number of phenolic OH excluding ortho intramolecular Hbond substituents is 1. The first-order valence-electron chi connectivity index (χ1n) is 6.51. The zero-order valence-corrected chi connectivity index (χ0v) is 11.0. The van der Waals surface area contributed by atoms with E-state index in [1.807, 2.05) is 18.2 Å². The van der Waals surface area contributed by atoms with E-state index in [2.05, 4.69) is 5.32 Å². The predicted molar refractivity (Wildman–Crippen MR) is 74.9 cm³/mol. The third-order valence-electron chi connectivity index (χ3n) is 3.06. The van der Waals surface area contributed by atoms with Crippen LogP contribution < -0.4 is 5.32 Å². The number of rotatable bonds is 6. The van der Waals surface area contributed by atoms with Crippen LogP contribution in [0.25, 0.3) is 0 Å². The fraction of sp³-hybridized carbons (Fsp3) is 0.250. The van der Waals surface area contributed by atoms with E-state index in [4.69, 9.17) is 0 Å². The summed E-state index contributed by atoms with van der Waals surface area (Å²) in [5.41, 5.74) is 2.04. The molecule has 0 unspecified atom stereocenters. The van der Waals surface area contributed by atoms with Crippen LogP contribution in [0.5, 0.6) is 5.75 Å². The number of hydrogen-bond acceptors (Lipinski definition) is 2. The van der Waals surface area contributed by atoms with Gasteiger partial charge in [0.2, 0.25) is 0 Å². The van der Waals surface area contributed by atoms with Gasteiger partial charge in [-0.05, 0) is 42.3 Å². The van der Waals surface area contributed by atoms with Crippen LogP contribution in [-0.4, -0.2) is 11.7 Å². The van der Waals surface area contributed by atoms with E-state index in [-0.39, 0.29) is 11.3 Å². The zero-order valence-electron chi connectivity index (χ0n) is 11.0. The van der Waals surface area contributed by atoms with Crippen LogP contribution in [-0.2, 0) is 13.0 Å². The fourth-order valence-corrected chi connectivity index (χ4v) is 1.97. The molecule has 0 amide bonds. The summed E-state index contributed by atoms with van der Waals surface area (Å²) in [6.45, 7) is 1.32. The van der Waals surface area contributed by atoms with Gasteiger partial charge in [0, 0.05) is 12.1 Å². The van der Waals surface area contributed by atoms with E-state index in [0.29, 0.717) is 6.54 Å². The Morgan fingerprint density at radius 1 is 1.00 bits per heavy atom. The van der Waals surface area contributed by atoms with Crippen molar-refractivity contribution < 1.29 is 13.9 Å². The van der Waals surface area contributed by atoms with Crippen LogP contribution in [0.4, 0.5) is 8.78 Å². The summed E-state index contributed by atoms with van der Waals surface area (Å²) in [5.74, 6) is 0.255.